The summed E-state index contributed by atoms with van der Waals surface area (Å²) in [5.41, 5.74) is 1.31. The molecule has 0 spiro atoms. The average Bonchev–Trinajstić information content (AvgIpc) is 2.39. The molecule has 4 saturated carbocycles. The van der Waals surface area contributed by atoms with Crippen LogP contribution >= 0.6 is 34.8 Å². The Bertz CT molecular complexity index is 502. The first-order valence-electron chi connectivity index (χ1n) is 7.65. The molecule has 1 aromatic rings. The molecule has 1 unspecified atom stereocenters. The molecule has 5 rings (SSSR count). The molecule has 4 aliphatic rings. The Morgan fingerprint density at radius 1 is 0.950 bits per heavy atom. The third-order valence-electron chi connectivity index (χ3n) is 5.85. The van der Waals surface area contributed by atoms with E-state index < -0.39 is 0 Å². The smallest absolute Gasteiger partial charge is 0.0656 e. The molecule has 0 aliphatic heterocycles. The van der Waals surface area contributed by atoms with Crippen LogP contribution in [-0.4, -0.2) is 0 Å². The zero-order valence-electron chi connectivity index (χ0n) is 11.4. The van der Waals surface area contributed by atoms with Gasteiger partial charge in [0.25, 0.3) is 0 Å². The third-order valence-corrected chi connectivity index (χ3v) is 7.13. The zero-order chi connectivity index (χ0) is 13.9. The molecule has 0 amide bonds. The van der Waals surface area contributed by atoms with Gasteiger partial charge in [-0.3, -0.25) is 0 Å². The first-order valence-corrected chi connectivity index (χ1v) is 8.84. The molecule has 0 N–H and O–H groups in total. The lowest BCUT2D eigenvalue weighted by Crippen LogP contribution is -2.47. The summed E-state index contributed by atoms with van der Waals surface area (Å²) in [6, 6.07) is 5.70. The Balaban J connectivity index is 1.71. The molecule has 3 heteroatoms. The first kappa shape index (κ1) is 13.7. The van der Waals surface area contributed by atoms with Crippen LogP contribution in [0.4, 0.5) is 0 Å². The van der Waals surface area contributed by atoms with E-state index in [1.165, 1.54) is 38.5 Å². The van der Waals surface area contributed by atoms with Crippen LogP contribution < -0.4 is 0 Å². The zero-order valence-corrected chi connectivity index (χ0v) is 13.7. The monoisotopic (exact) mass is 328 g/mol. The van der Waals surface area contributed by atoms with Crippen molar-refractivity contribution >= 4 is 34.8 Å². The van der Waals surface area contributed by atoms with Gasteiger partial charge in [0.05, 0.1) is 5.38 Å². The summed E-state index contributed by atoms with van der Waals surface area (Å²) in [5.74, 6) is 2.71. The van der Waals surface area contributed by atoms with Gasteiger partial charge in [-0.25, -0.2) is 0 Å². The van der Waals surface area contributed by atoms with Gasteiger partial charge in [0.1, 0.15) is 0 Å². The van der Waals surface area contributed by atoms with Crippen LogP contribution in [0.1, 0.15) is 49.5 Å². The van der Waals surface area contributed by atoms with Crippen molar-refractivity contribution in [1.29, 1.82) is 0 Å². The van der Waals surface area contributed by atoms with Crippen LogP contribution in [0.15, 0.2) is 18.2 Å². The maximum absolute atomic E-state index is 6.96. The van der Waals surface area contributed by atoms with Gasteiger partial charge in [-0.1, -0.05) is 23.2 Å². The van der Waals surface area contributed by atoms with Crippen LogP contribution in [0, 0.1) is 23.2 Å². The molecule has 0 heterocycles. The summed E-state index contributed by atoms with van der Waals surface area (Å²) in [6.45, 7) is 0. The van der Waals surface area contributed by atoms with E-state index >= 15 is 0 Å². The minimum atomic E-state index is 0.0158. The molecule has 4 aliphatic carbocycles. The van der Waals surface area contributed by atoms with Crippen molar-refractivity contribution in [3.8, 4) is 0 Å². The molecule has 0 nitrogen and oxygen atoms in total. The van der Waals surface area contributed by atoms with E-state index in [0.717, 1.165) is 33.4 Å². The summed E-state index contributed by atoms with van der Waals surface area (Å²) < 4.78 is 0. The number of hydrogen-bond acceptors (Lipinski definition) is 0. The maximum Gasteiger partial charge on any atom is 0.0656 e. The van der Waals surface area contributed by atoms with E-state index in [1.54, 1.807) is 0 Å². The van der Waals surface area contributed by atoms with Crippen molar-refractivity contribution in [2.75, 3.05) is 0 Å². The van der Waals surface area contributed by atoms with Crippen molar-refractivity contribution in [2.45, 2.75) is 43.9 Å². The summed E-state index contributed by atoms with van der Waals surface area (Å²) in [4.78, 5) is 0. The van der Waals surface area contributed by atoms with Crippen molar-refractivity contribution < 1.29 is 0 Å². The Morgan fingerprint density at radius 3 is 2.05 bits per heavy atom. The largest absolute Gasteiger partial charge is 0.117 e. The Morgan fingerprint density at radius 2 is 1.50 bits per heavy atom. The van der Waals surface area contributed by atoms with Gasteiger partial charge in [-0.15, -0.1) is 11.6 Å². The van der Waals surface area contributed by atoms with Crippen LogP contribution in [0.3, 0.4) is 0 Å². The second-order valence-corrected chi connectivity index (χ2v) is 8.59. The minimum absolute atomic E-state index is 0.0158. The number of rotatable bonds is 2. The van der Waals surface area contributed by atoms with E-state index in [2.05, 4.69) is 0 Å². The fraction of sp³-hybridized carbons (Fsp3) is 0.647. The standard InChI is InChI=1S/C17H19Cl3/c18-13-1-2-15(19)14(6-13)16(20)17-7-10-3-11(8-17)5-12(4-10)9-17/h1-2,6,10-12,16H,3-5,7-9H2. The van der Waals surface area contributed by atoms with E-state index in [4.69, 9.17) is 34.8 Å². The lowest BCUT2D eigenvalue weighted by Gasteiger charge is -2.58. The van der Waals surface area contributed by atoms with Gasteiger partial charge in [0, 0.05) is 10.0 Å². The molecule has 1 atom stereocenters. The highest BCUT2D eigenvalue weighted by Crippen LogP contribution is 2.65. The van der Waals surface area contributed by atoms with Crippen LogP contribution in [-0.2, 0) is 0 Å². The SMILES string of the molecule is Clc1ccc(Cl)c(C(Cl)C23CC4CC(CC(C4)C2)C3)c1. The van der Waals surface area contributed by atoms with E-state index in [0.29, 0.717) is 0 Å². The predicted molar refractivity (Wildman–Crippen MR) is 85.7 cm³/mol. The second-order valence-electron chi connectivity index (χ2n) is 7.31. The highest BCUT2D eigenvalue weighted by Gasteiger charge is 2.54. The summed E-state index contributed by atoms with van der Waals surface area (Å²) in [7, 11) is 0. The summed E-state index contributed by atoms with van der Waals surface area (Å²) in [6.07, 6.45) is 8.17. The van der Waals surface area contributed by atoms with Gasteiger partial charge in [0.15, 0.2) is 0 Å². The molecular weight excluding hydrogens is 311 g/mol. The van der Waals surface area contributed by atoms with Crippen molar-refractivity contribution in [1.82, 2.24) is 0 Å². The third kappa shape index (κ3) is 2.11. The second kappa shape index (κ2) is 4.80. The molecule has 4 fully saturated rings. The summed E-state index contributed by atoms with van der Waals surface area (Å²) >= 11 is 19.5. The van der Waals surface area contributed by atoms with Gasteiger partial charge in [-0.2, -0.15) is 0 Å². The summed E-state index contributed by atoms with van der Waals surface area (Å²) in [5, 5.41) is 1.52. The highest BCUT2D eigenvalue weighted by molar-refractivity contribution is 6.34. The Kier molecular flexibility index (Phi) is 3.29. The number of hydrogen-bond donors (Lipinski definition) is 0. The molecule has 4 bridgehead atoms. The molecule has 108 valence electrons. The van der Waals surface area contributed by atoms with Gasteiger partial charge in [-0.05, 0) is 85.5 Å². The van der Waals surface area contributed by atoms with Crippen molar-refractivity contribution in [3.05, 3.63) is 33.8 Å². The van der Waals surface area contributed by atoms with E-state index in [-0.39, 0.29) is 10.8 Å². The number of benzene rings is 1. The number of halogens is 3. The van der Waals surface area contributed by atoms with Gasteiger partial charge in [0.2, 0.25) is 0 Å². The average molecular weight is 330 g/mol. The highest BCUT2D eigenvalue weighted by atomic mass is 35.5. The maximum atomic E-state index is 6.96. The van der Waals surface area contributed by atoms with Crippen molar-refractivity contribution in [3.63, 3.8) is 0 Å². The van der Waals surface area contributed by atoms with Gasteiger partial charge < -0.3 is 0 Å². The lowest BCUT2D eigenvalue weighted by atomic mass is 9.48. The topological polar surface area (TPSA) is 0 Å². The molecule has 0 saturated heterocycles. The Hall–Kier alpha value is 0.0900. The molecule has 0 aromatic heterocycles. The number of alkyl halides is 1. The quantitative estimate of drug-likeness (QED) is 0.544. The lowest BCUT2D eigenvalue weighted by molar-refractivity contribution is -0.0552. The molecule has 20 heavy (non-hydrogen) atoms. The van der Waals surface area contributed by atoms with Crippen LogP contribution in [0.5, 0.6) is 0 Å². The predicted octanol–water partition coefficient (Wildman–Crippen LogP) is 6.49. The molecular formula is C17H19Cl3. The van der Waals surface area contributed by atoms with E-state index in [9.17, 15) is 0 Å². The van der Waals surface area contributed by atoms with Gasteiger partial charge >= 0.3 is 0 Å². The molecule has 0 radical (unpaired) electrons. The fourth-order valence-corrected chi connectivity index (χ4v) is 6.44. The first-order chi connectivity index (χ1) is 9.56. The van der Waals surface area contributed by atoms with Crippen LogP contribution in [0.25, 0.3) is 0 Å². The van der Waals surface area contributed by atoms with Crippen molar-refractivity contribution in [2.24, 2.45) is 23.2 Å². The Labute approximate surface area is 135 Å². The van der Waals surface area contributed by atoms with Crippen LogP contribution in [0.2, 0.25) is 10.0 Å². The fourth-order valence-electron chi connectivity index (χ4n) is 5.53. The normalized spacial score (nSPS) is 40.0. The van der Waals surface area contributed by atoms with E-state index in [1.807, 2.05) is 18.2 Å². The molecule has 1 aromatic carbocycles. The minimum Gasteiger partial charge on any atom is -0.117 e.